The van der Waals surface area contributed by atoms with Gasteiger partial charge >= 0.3 is 0 Å². The molecule has 0 saturated carbocycles. The Morgan fingerprint density at radius 2 is 2.00 bits per heavy atom. The minimum Gasteiger partial charge on any atom is -0.492 e. The summed E-state index contributed by atoms with van der Waals surface area (Å²) < 4.78 is 5.39. The highest BCUT2D eigenvalue weighted by Gasteiger charge is 2.22. The first-order valence-electron chi connectivity index (χ1n) is 5.17. The maximum atomic E-state index is 11.5. The summed E-state index contributed by atoms with van der Waals surface area (Å²) in [4.78, 5) is 21.5. The molecule has 1 aliphatic heterocycles. The van der Waals surface area contributed by atoms with Gasteiger partial charge < -0.3 is 4.74 Å². The molecule has 1 aromatic rings. The van der Waals surface area contributed by atoms with Crippen molar-refractivity contribution in [2.45, 2.75) is 19.4 Å². The molecule has 2 rings (SSSR count). The van der Waals surface area contributed by atoms with Gasteiger partial charge in [-0.3, -0.25) is 14.9 Å². The second-order valence-corrected chi connectivity index (χ2v) is 3.90. The van der Waals surface area contributed by atoms with Gasteiger partial charge in [-0.15, -0.1) is 0 Å². The van der Waals surface area contributed by atoms with E-state index in [1.807, 2.05) is 0 Å². The van der Waals surface area contributed by atoms with Gasteiger partial charge in [-0.25, -0.2) is 0 Å². The number of carbonyl (C=O) groups is 1. The number of allylic oxidation sites excluding steroid dienone is 1. The van der Waals surface area contributed by atoms with Crippen molar-refractivity contribution in [3.63, 3.8) is 0 Å². The van der Waals surface area contributed by atoms with E-state index >= 15 is 0 Å². The second-order valence-electron chi connectivity index (χ2n) is 3.90. The van der Waals surface area contributed by atoms with Crippen molar-refractivity contribution in [2.75, 3.05) is 0 Å². The van der Waals surface area contributed by atoms with Crippen molar-refractivity contribution in [2.24, 2.45) is 0 Å². The minimum atomic E-state index is -0.458. The molecule has 0 fully saturated rings. The number of ether oxygens (including phenoxy) is 1. The molecule has 0 spiro atoms. The number of hydrogen-bond donors (Lipinski definition) is 0. The molecule has 17 heavy (non-hydrogen) atoms. The molecule has 0 amide bonds. The number of rotatable bonds is 2. The van der Waals surface area contributed by atoms with Gasteiger partial charge in [0.15, 0.2) is 5.78 Å². The van der Waals surface area contributed by atoms with Gasteiger partial charge in [0.05, 0.1) is 17.6 Å². The first kappa shape index (κ1) is 11.3. The van der Waals surface area contributed by atoms with Crippen LogP contribution < -0.4 is 0 Å². The number of ketones is 1. The number of non-ortho nitro benzene ring substituents is 1. The zero-order valence-electron chi connectivity index (χ0n) is 9.25. The molecular weight excluding hydrogens is 222 g/mol. The second kappa shape index (κ2) is 4.37. The average molecular weight is 233 g/mol. The van der Waals surface area contributed by atoms with Crippen LogP contribution in [0.1, 0.15) is 25.0 Å². The summed E-state index contributed by atoms with van der Waals surface area (Å²) in [5.74, 6) is 0.0413. The monoisotopic (exact) mass is 233 g/mol. The molecule has 0 bridgehead atoms. The molecule has 1 atom stereocenters. The molecule has 5 heteroatoms. The topological polar surface area (TPSA) is 69.4 Å². The number of benzene rings is 1. The molecule has 0 aromatic heterocycles. The van der Waals surface area contributed by atoms with Crippen LogP contribution in [0.25, 0.3) is 0 Å². The summed E-state index contributed by atoms with van der Waals surface area (Å²) in [5.41, 5.74) is 1.40. The molecule has 0 saturated heterocycles. The maximum Gasteiger partial charge on any atom is 0.269 e. The number of Topliss-reactive ketones (excluding diaryl/α,β-unsaturated/α-hetero) is 1. The van der Waals surface area contributed by atoms with Crippen LogP contribution in [0.4, 0.5) is 5.69 Å². The molecule has 0 unspecified atom stereocenters. The van der Waals surface area contributed by atoms with Gasteiger partial charge in [0, 0.05) is 17.7 Å². The predicted octanol–water partition coefficient (Wildman–Crippen LogP) is 2.53. The predicted molar refractivity (Wildman–Crippen MR) is 60.3 cm³/mol. The number of nitro groups is 1. The Morgan fingerprint density at radius 1 is 1.35 bits per heavy atom. The third kappa shape index (κ3) is 2.33. The fourth-order valence-corrected chi connectivity index (χ4v) is 1.63. The van der Waals surface area contributed by atoms with Gasteiger partial charge in [0.1, 0.15) is 6.10 Å². The summed E-state index contributed by atoms with van der Waals surface area (Å²) in [6, 6.07) is 6.05. The standard InChI is InChI=1S/C12H11NO4/c1-8-7-17-12(6-11(8)14)9-2-4-10(5-3-9)13(15)16/h2-5,7,12H,6H2,1H3/t12-/m1/s1. The third-order valence-electron chi connectivity index (χ3n) is 2.70. The molecule has 88 valence electrons. The van der Waals surface area contributed by atoms with Crippen LogP contribution >= 0.6 is 0 Å². The van der Waals surface area contributed by atoms with Gasteiger partial charge in [0.25, 0.3) is 5.69 Å². The molecule has 0 N–H and O–H groups in total. The van der Waals surface area contributed by atoms with Gasteiger partial charge in [0.2, 0.25) is 0 Å². The van der Waals surface area contributed by atoms with Gasteiger partial charge in [-0.2, -0.15) is 0 Å². The van der Waals surface area contributed by atoms with Crippen LogP contribution in [0.15, 0.2) is 36.1 Å². The molecule has 0 radical (unpaired) electrons. The highest BCUT2D eigenvalue weighted by molar-refractivity contribution is 5.95. The highest BCUT2D eigenvalue weighted by atomic mass is 16.6. The Kier molecular flexibility index (Phi) is 2.91. The lowest BCUT2D eigenvalue weighted by molar-refractivity contribution is -0.384. The van der Waals surface area contributed by atoms with E-state index in [0.717, 1.165) is 5.56 Å². The van der Waals surface area contributed by atoms with Crippen molar-refractivity contribution in [1.82, 2.24) is 0 Å². The number of carbonyl (C=O) groups excluding carboxylic acids is 1. The number of nitrogens with zero attached hydrogens (tertiary/aromatic N) is 1. The summed E-state index contributed by atoms with van der Waals surface area (Å²) in [7, 11) is 0. The van der Waals surface area contributed by atoms with Crippen LogP contribution in [0.5, 0.6) is 0 Å². The van der Waals surface area contributed by atoms with Crippen molar-refractivity contribution >= 4 is 11.5 Å². The lowest BCUT2D eigenvalue weighted by atomic mass is 9.99. The minimum absolute atomic E-state index is 0.0302. The fraction of sp³-hybridized carbons (Fsp3) is 0.250. The largest absolute Gasteiger partial charge is 0.492 e. The van der Waals surface area contributed by atoms with E-state index < -0.39 is 4.92 Å². The maximum absolute atomic E-state index is 11.5. The normalized spacial score (nSPS) is 19.5. The van der Waals surface area contributed by atoms with E-state index in [-0.39, 0.29) is 24.0 Å². The Morgan fingerprint density at radius 3 is 2.53 bits per heavy atom. The lowest BCUT2D eigenvalue weighted by Crippen LogP contribution is -2.14. The van der Waals surface area contributed by atoms with Crippen LogP contribution in [0.2, 0.25) is 0 Å². The van der Waals surface area contributed by atoms with Crippen LogP contribution in [0.3, 0.4) is 0 Å². The zero-order valence-corrected chi connectivity index (χ0v) is 9.25. The first-order valence-corrected chi connectivity index (χ1v) is 5.17. The quantitative estimate of drug-likeness (QED) is 0.581. The summed E-state index contributed by atoms with van der Waals surface area (Å²) >= 11 is 0. The molecule has 1 aromatic carbocycles. The summed E-state index contributed by atoms with van der Waals surface area (Å²) in [5, 5.41) is 10.5. The first-order chi connectivity index (χ1) is 8.08. The van der Waals surface area contributed by atoms with Crippen molar-refractivity contribution < 1.29 is 14.5 Å². The fourth-order valence-electron chi connectivity index (χ4n) is 1.63. The Hall–Kier alpha value is -2.17. The van der Waals surface area contributed by atoms with Crippen molar-refractivity contribution in [1.29, 1.82) is 0 Å². The molecule has 1 heterocycles. The average Bonchev–Trinajstić information content (AvgIpc) is 2.33. The summed E-state index contributed by atoms with van der Waals surface area (Å²) in [6.45, 7) is 1.70. The molecule has 0 aliphatic carbocycles. The molecule has 5 nitrogen and oxygen atoms in total. The van der Waals surface area contributed by atoms with Crippen LogP contribution in [-0.4, -0.2) is 10.7 Å². The van der Waals surface area contributed by atoms with E-state index in [9.17, 15) is 14.9 Å². The highest BCUT2D eigenvalue weighted by Crippen LogP contribution is 2.28. The Labute approximate surface area is 97.9 Å². The Bertz CT molecular complexity index is 490. The zero-order chi connectivity index (χ0) is 12.4. The summed E-state index contributed by atoms with van der Waals surface area (Å²) in [6.07, 6.45) is 1.38. The van der Waals surface area contributed by atoms with Crippen molar-refractivity contribution in [3.8, 4) is 0 Å². The Balaban J connectivity index is 2.19. The SMILES string of the molecule is CC1=CO[C@@H](c2ccc([N+](=O)[O-])cc2)CC1=O. The number of hydrogen-bond acceptors (Lipinski definition) is 4. The van der Waals surface area contributed by atoms with Gasteiger partial charge in [-0.1, -0.05) is 0 Å². The van der Waals surface area contributed by atoms with E-state index in [2.05, 4.69) is 0 Å². The molecule has 1 aliphatic rings. The smallest absolute Gasteiger partial charge is 0.269 e. The molecular formula is C12H11NO4. The van der Waals surface area contributed by atoms with Crippen molar-refractivity contribution in [3.05, 3.63) is 51.8 Å². The van der Waals surface area contributed by atoms with E-state index in [1.165, 1.54) is 18.4 Å². The van der Waals surface area contributed by atoms with Crippen LogP contribution in [-0.2, 0) is 9.53 Å². The van der Waals surface area contributed by atoms with E-state index in [4.69, 9.17) is 4.74 Å². The van der Waals surface area contributed by atoms with E-state index in [0.29, 0.717) is 5.57 Å². The van der Waals surface area contributed by atoms with E-state index in [1.54, 1.807) is 19.1 Å². The third-order valence-corrected chi connectivity index (χ3v) is 2.70. The number of nitro benzene ring substituents is 1. The van der Waals surface area contributed by atoms with Crippen LogP contribution in [0, 0.1) is 10.1 Å². The van der Waals surface area contributed by atoms with Gasteiger partial charge in [-0.05, 0) is 24.6 Å². The lowest BCUT2D eigenvalue weighted by Gasteiger charge is -2.21.